The Morgan fingerprint density at radius 1 is 1.37 bits per heavy atom. The van der Waals surface area contributed by atoms with Crippen molar-refractivity contribution < 1.29 is 13.5 Å². The topological polar surface area (TPSA) is 92.4 Å². The number of benzene rings is 1. The van der Waals surface area contributed by atoms with Crippen LogP contribution < -0.4 is 11.1 Å². The van der Waals surface area contributed by atoms with E-state index in [4.69, 9.17) is 10.8 Å². The van der Waals surface area contributed by atoms with E-state index < -0.39 is 9.84 Å². The van der Waals surface area contributed by atoms with Gasteiger partial charge in [0.2, 0.25) is 0 Å². The molecule has 6 heteroatoms. The number of anilines is 2. The number of hydrogen-bond donors (Lipinski definition) is 3. The number of nitrogens with one attached hydrogen (secondary N) is 1. The van der Waals surface area contributed by atoms with Crippen LogP contribution in [0.4, 0.5) is 11.4 Å². The third-order valence-electron chi connectivity index (χ3n) is 3.05. The molecular weight excluding hydrogens is 264 g/mol. The van der Waals surface area contributed by atoms with Gasteiger partial charge in [-0.15, -0.1) is 0 Å². The van der Waals surface area contributed by atoms with Gasteiger partial charge >= 0.3 is 0 Å². The molecule has 19 heavy (non-hydrogen) atoms. The van der Waals surface area contributed by atoms with Crippen molar-refractivity contribution >= 4 is 21.2 Å². The number of rotatable bonds is 6. The molecule has 0 fully saturated rings. The summed E-state index contributed by atoms with van der Waals surface area (Å²) >= 11 is 0. The lowest BCUT2D eigenvalue weighted by Gasteiger charge is -2.24. The lowest BCUT2D eigenvalue weighted by molar-refractivity contribution is 0.267. The van der Waals surface area contributed by atoms with E-state index in [1.165, 1.54) is 6.07 Å². The van der Waals surface area contributed by atoms with Gasteiger partial charge in [0.25, 0.3) is 0 Å². The third kappa shape index (κ3) is 4.11. The fraction of sp³-hybridized carbons (Fsp3) is 0.538. The van der Waals surface area contributed by atoms with Gasteiger partial charge in [-0.3, -0.25) is 0 Å². The van der Waals surface area contributed by atoms with Crippen LogP contribution >= 0.6 is 0 Å². The van der Waals surface area contributed by atoms with Gasteiger partial charge in [-0.25, -0.2) is 8.42 Å². The molecule has 0 aliphatic carbocycles. The Hall–Kier alpha value is -1.27. The van der Waals surface area contributed by atoms with Gasteiger partial charge in [0.15, 0.2) is 9.84 Å². The maximum atomic E-state index is 11.6. The molecule has 0 heterocycles. The zero-order chi connectivity index (χ0) is 14.6. The molecule has 1 rings (SSSR count). The van der Waals surface area contributed by atoms with Crippen molar-refractivity contribution in [2.75, 3.05) is 23.9 Å². The molecule has 0 radical (unpaired) electrons. The lowest BCUT2D eigenvalue weighted by Crippen LogP contribution is -2.27. The minimum absolute atomic E-state index is 0.0436. The van der Waals surface area contributed by atoms with Gasteiger partial charge in [-0.1, -0.05) is 19.9 Å². The molecule has 1 atom stereocenters. The van der Waals surface area contributed by atoms with E-state index in [0.717, 1.165) is 6.26 Å². The summed E-state index contributed by atoms with van der Waals surface area (Å²) in [5.74, 6) is 0.299. The Labute approximate surface area is 114 Å². The average Bonchev–Trinajstić information content (AvgIpc) is 2.29. The molecule has 1 unspecified atom stereocenters. The maximum Gasteiger partial charge on any atom is 0.177 e. The molecular formula is C13H22N2O3S. The highest BCUT2D eigenvalue weighted by molar-refractivity contribution is 7.90. The van der Waals surface area contributed by atoms with Gasteiger partial charge < -0.3 is 16.2 Å². The molecule has 0 aromatic heterocycles. The highest BCUT2D eigenvalue weighted by Gasteiger charge is 2.17. The summed E-state index contributed by atoms with van der Waals surface area (Å²) in [6, 6.07) is 4.94. The minimum Gasteiger partial charge on any atom is -0.396 e. The standard InChI is InChI=1S/C13H22N2O3S/c1-9(2)10(7-8-16)15-11-5-4-6-12(13(11)14)19(3,17)18/h4-6,9-10,15-16H,7-8,14H2,1-3H3. The van der Waals surface area contributed by atoms with Crippen LogP contribution in [0, 0.1) is 5.92 Å². The summed E-state index contributed by atoms with van der Waals surface area (Å²) in [6.45, 7) is 4.13. The van der Waals surface area contributed by atoms with Crippen molar-refractivity contribution in [3.63, 3.8) is 0 Å². The van der Waals surface area contributed by atoms with Gasteiger partial charge in [0.05, 0.1) is 16.3 Å². The van der Waals surface area contributed by atoms with E-state index in [1.807, 2.05) is 13.8 Å². The molecule has 1 aromatic rings. The Kier molecular flexibility index (Phi) is 5.20. The number of hydrogen-bond acceptors (Lipinski definition) is 5. The zero-order valence-corrected chi connectivity index (χ0v) is 12.4. The second-order valence-electron chi connectivity index (χ2n) is 5.00. The van der Waals surface area contributed by atoms with Crippen molar-refractivity contribution in [2.45, 2.75) is 31.2 Å². The van der Waals surface area contributed by atoms with E-state index in [0.29, 0.717) is 18.0 Å². The van der Waals surface area contributed by atoms with Crippen molar-refractivity contribution in [3.05, 3.63) is 18.2 Å². The SMILES string of the molecule is CC(C)C(CCO)Nc1cccc(S(C)(=O)=O)c1N. The number of sulfone groups is 1. The fourth-order valence-electron chi connectivity index (χ4n) is 1.90. The number of nitrogens with two attached hydrogens (primary N) is 1. The van der Waals surface area contributed by atoms with E-state index in [1.54, 1.807) is 12.1 Å². The van der Waals surface area contributed by atoms with Crippen LogP contribution in [0.3, 0.4) is 0 Å². The van der Waals surface area contributed by atoms with Crippen LogP contribution in [0.15, 0.2) is 23.1 Å². The highest BCUT2D eigenvalue weighted by Crippen LogP contribution is 2.28. The third-order valence-corrected chi connectivity index (χ3v) is 4.21. The Bertz CT molecular complexity index is 527. The predicted octanol–water partition coefficient (Wildman–Crippen LogP) is 1.49. The largest absolute Gasteiger partial charge is 0.396 e. The van der Waals surface area contributed by atoms with Gasteiger partial charge in [0, 0.05) is 18.9 Å². The first kappa shape index (κ1) is 15.8. The number of para-hydroxylation sites is 1. The highest BCUT2D eigenvalue weighted by atomic mass is 32.2. The van der Waals surface area contributed by atoms with Crippen LogP contribution in [0.5, 0.6) is 0 Å². The first-order chi connectivity index (χ1) is 8.77. The van der Waals surface area contributed by atoms with Crippen LogP contribution in [-0.4, -0.2) is 32.4 Å². The zero-order valence-electron chi connectivity index (χ0n) is 11.6. The second kappa shape index (κ2) is 6.25. The number of aliphatic hydroxyl groups is 1. The van der Waals surface area contributed by atoms with Crippen LogP contribution in [0.2, 0.25) is 0 Å². The molecule has 5 nitrogen and oxygen atoms in total. The first-order valence-electron chi connectivity index (χ1n) is 6.23. The number of nitrogen functional groups attached to an aromatic ring is 1. The average molecular weight is 286 g/mol. The van der Waals surface area contributed by atoms with Crippen LogP contribution in [0.1, 0.15) is 20.3 Å². The van der Waals surface area contributed by atoms with Gasteiger partial charge in [0.1, 0.15) is 0 Å². The normalized spacial score (nSPS) is 13.5. The molecule has 0 spiro atoms. The van der Waals surface area contributed by atoms with E-state index >= 15 is 0 Å². The molecule has 0 aliphatic heterocycles. The quantitative estimate of drug-likeness (QED) is 0.689. The summed E-state index contributed by atoms with van der Waals surface area (Å²) in [7, 11) is -3.34. The molecule has 0 saturated carbocycles. The van der Waals surface area contributed by atoms with Crippen molar-refractivity contribution in [3.8, 4) is 0 Å². The van der Waals surface area contributed by atoms with Crippen LogP contribution in [0.25, 0.3) is 0 Å². The van der Waals surface area contributed by atoms with E-state index in [-0.39, 0.29) is 23.2 Å². The Morgan fingerprint density at radius 2 is 2.00 bits per heavy atom. The monoisotopic (exact) mass is 286 g/mol. The fourth-order valence-corrected chi connectivity index (χ4v) is 2.74. The molecule has 0 aliphatic rings. The Balaban J connectivity index is 3.08. The summed E-state index contributed by atoms with van der Waals surface area (Å²) < 4.78 is 23.2. The smallest absolute Gasteiger partial charge is 0.177 e. The predicted molar refractivity (Wildman–Crippen MR) is 77.9 cm³/mol. The molecule has 0 amide bonds. The summed E-state index contributed by atoms with van der Waals surface area (Å²) in [5.41, 5.74) is 6.73. The van der Waals surface area contributed by atoms with Crippen molar-refractivity contribution in [1.82, 2.24) is 0 Å². The van der Waals surface area contributed by atoms with Gasteiger partial charge in [-0.2, -0.15) is 0 Å². The lowest BCUT2D eigenvalue weighted by atomic mass is 10.0. The maximum absolute atomic E-state index is 11.6. The molecule has 108 valence electrons. The second-order valence-corrected chi connectivity index (χ2v) is 6.98. The Morgan fingerprint density at radius 3 is 2.47 bits per heavy atom. The van der Waals surface area contributed by atoms with E-state index in [9.17, 15) is 8.42 Å². The molecule has 0 bridgehead atoms. The molecule has 1 aromatic carbocycles. The van der Waals surface area contributed by atoms with Crippen LogP contribution in [-0.2, 0) is 9.84 Å². The summed E-state index contributed by atoms with van der Waals surface area (Å²) in [6.07, 6.45) is 1.72. The van der Waals surface area contributed by atoms with E-state index in [2.05, 4.69) is 5.32 Å². The number of aliphatic hydroxyl groups excluding tert-OH is 1. The summed E-state index contributed by atoms with van der Waals surface area (Å²) in [5, 5.41) is 12.3. The first-order valence-corrected chi connectivity index (χ1v) is 8.12. The van der Waals surface area contributed by atoms with Crippen molar-refractivity contribution in [1.29, 1.82) is 0 Å². The molecule has 0 saturated heterocycles. The van der Waals surface area contributed by atoms with Gasteiger partial charge in [-0.05, 0) is 24.5 Å². The minimum atomic E-state index is -3.34. The summed E-state index contributed by atoms with van der Waals surface area (Å²) in [4.78, 5) is 0.129. The van der Waals surface area contributed by atoms with Crippen molar-refractivity contribution in [2.24, 2.45) is 5.92 Å². The molecule has 4 N–H and O–H groups in total.